The van der Waals surface area contributed by atoms with Gasteiger partial charge >= 0.3 is 0 Å². The highest BCUT2D eigenvalue weighted by atomic mass is 19.3. The first-order valence-corrected chi connectivity index (χ1v) is 13.4. The van der Waals surface area contributed by atoms with Crippen LogP contribution in [0, 0.1) is 24.7 Å². The van der Waals surface area contributed by atoms with Crippen molar-refractivity contribution in [1.82, 2.24) is 35.5 Å². The van der Waals surface area contributed by atoms with Gasteiger partial charge in [0, 0.05) is 25.2 Å². The fourth-order valence-electron chi connectivity index (χ4n) is 5.28. The lowest BCUT2D eigenvalue weighted by Crippen LogP contribution is -2.37. The summed E-state index contributed by atoms with van der Waals surface area (Å²) in [5.74, 6) is -4.73. The number of aryl methyl sites for hydroxylation is 1. The van der Waals surface area contributed by atoms with Gasteiger partial charge < -0.3 is 10.6 Å². The summed E-state index contributed by atoms with van der Waals surface area (Å²) in [6.45, 7) is 3.04. The predicted molar refractivity (Wildman–Crippen MR) is 133 cm³/mol. The molecule has 40 heavy (non-hydrogen) atoms. The van der Waals surface area contributed by atoms with E-state index >= 15 is 0 Å². The molecule has 3 aromatic heterocycles. The molecule has 0 unspecified atom stereocenters. The number of rotatable bonds is 10. The standard InChI is InChI=1S/C26H31F4N7O3/c1-13(9-19(27)28)24(38)33-22(15-3-4-15)17-10-20-32-18(12-37(20)31-11-17)23(16-5-7-26(29,30)8-6-16)34-25(39)21-14(2)35-40-36-21/h10-13,15-16,19,22-23H,3-9H2,1-2H3,(H,33,38)(H,34,39)/t13-,22+,23-/m0/s1. The van der Waals surface area contributed by atoms with Gasteiger partial charge in [0.25, 0.3) is 5.91 Å². The molecule has 10 nitrogen and oxygen atoms in total. The van der Waals surface area contributed by atoms with Gasteiger partial charge in [-0.25, -0.2) is 31.7 Å². The molecule has 2 amide bonds. The van der Waals surface area contributed by atoms with E-state index in [-0.39, 0.29) is 43.2 Å². The number of carbonyl (C=O) groups excluding carboxylic acids is 2. The first-order chi connectivity index (χ1) is 19.0. The van der Waals surface area contributed by atoms with Gasteiger partial charge in [-0.15, -0.1) is 0 Å². The molecule has 2 saturated carbocycles. The van der Waals surface area contributed by atoms with Crippen molar-refractivity contribution in [2.75, 3.05) is 0 Å². The molecule has 3 heterocycles. The SMILES string of the molecule is Cc1nonc1C(=O)N[C@H](c1cn2ncc([C@H](NC(=O)[C@@H](C)CC(F)F)C3CC3)cc2n1)C1CCC(F)(F)CC1. The molecular formula is C26H31F4N7O3. The van der Waals surface area contributed by atoms with Crippen molar-refractivity contribution in [2.24, 2.45) is 17.8 Å². The fourth-order valence-corrected chi connectivity index (χ4v) is 5.28. The maximum atomic E-state index is 13.9. The van der Waals surface area contributed by atoms with Crippen molar-refractivity contribution in [3.05, 3.63) is 41.1 Å². The number of fused-ring (bicyclic) bond motifs is 1. The van der Waals surface area contributed by atoms with Crippen LogP contribution in [0.1, 0.15) is 91.4 Å². The van der Waals surface area contributed by atoms with Crippen LogP contribution in [0.3, 0.4) is 0 Å². The van der Waals surface area contributed by atoms with Crippen LogP contribution >= 0.6 is 0 Å². The summed E-state index contributed by atoms with van der Waals surface area (Å²) < 4.78 is 59.6. The summed E-state index contributed by atoms with van der Waals surface area (Å²) in [5, 5.41) is 17.5. The number of imidazole rings is 1. The first kappa shape index (κ1) is 28.0. The Bertz CT molecular complexity index is 1360. The molecule has 14 heteroatoms. The molecule has 0 aliphatic heterocycles. The van der Waals surface area contributed by atoms with Gasteiger partial charge in [-0.2, -0.15) is 5.10 Å². The number of nitrogens with zero attached hydrogens (tertiary/aromatic N) is 5. The fraction of sp³-hybridized carbons (Fsp3) is 0.615. The number of halogens is 4. The second kappa shape index (κ2) is 11.1. The normalized spacial score (nSPS) is 19.9. The van der Waals surface area contributed by atoms with E-state index in [1.54, 1.807) is 25.4 Å². The second-order valence-electron chi connectivity index (χ2n) is 11.0. The Balaban J connectivity index is 1.41. The van der Waals surface area contributed by atoms with Crippen LogP contribution in [-0.4, -0.2) is 49.1 Å². The molecule has 2 aliphatic rings. The minimum absolute atomic E-state index is 0.000554. The van der Waals surface area contributed by atoms with Crippen LogP contribution < -0.4 is 10.6 Å². The largest absolute Gasteiger partial charge is 0.349 e. The molecule has 3 aromatic rings. The van der Waals surface area contributed by atoms with Gasteiger partial charge in [0.1, 0.15) is 5.69 Å². The third kappa shape index (κ3) is 6.25. The van der Waals surface area contributed by atoms with Gasteiger partial charge in [-0.05, 0) is 61.2 Å². The number of alkyl halides is 4. The zero-order chi connectivity index (χ0) is 28.6. The van der Waals surface area contributed by atoms with Crippen molar-refractivity contribution in [3.63, 3.8) is 0 Å². The monoisotopic (exact) mass is 565 g/mol. The minimum atomic E-state index is -2.75. The Morgan fingerprint density at radius 2 is 1.80 bits per heavy atom. The van der Waals surface area contributed by atoms with Crippen molar-refractivity contribution in [2.45, 2.75) is 83.2 Å². The van der Waals surface area contributed by atoms with E-state index in [2.05, 4.69) is 35.7 Å². The summed E-state index contributed by atoms with van der Waals surface area (Å²) >= 11 is 0. The second-order valence-corrected chi connectivity index (χ2v) is 11.0. The zero-order valence-electron chi connectivity index (χ0n) is 22.1. The molecule has 2 aliphatic carbocycles. The Labute approximate surface area is 227 Å². The van der Waals surface area contributed by atoms with E-state index in [1.165, 1.54) is 11.4 Å². The average Bonchev–Trinajstić information content (AvgIpc) is 3.50. The zero-order valence-corrected chi connectivity index (χ0v) is 22.1. The van der Waals surface area contributed by atoms with Gasteiger partial charge in [0.2, 0.25) is 18.3 Å². The van der Waals surface area contributed by atoms with Crippen molar-refractivity contribution < 1.29 is 31.8 Å². The van der Waals surface area contributed by atoms with Crippen LogP contribution in [0.25, 0.3) is 5.65 Å². The first-order valence-electron chi connectivity index (χ1n) is 13.4. The van der Waals surface area contributed by atoms with Crippen LogP contribution in [0.4, 0.5) is 17.6 Å². The summed E-state index contributed by atoms with van der Waals surface area (Å²) in [6.07, 6.45) is 1.70. The topological polar surface area (TPSA) is 127 Å². The lowest BCUT2D eigenvalue weighted by atomic mass is 9.81. The lowest BCUT2D eigenvalue weighted by Gasteiger charge is -2.33. The van der Waals surface area contributed by atoms with Crippen molar-refractivity contribution >= 4 is 17.5 Å². The number of hydrogen-bond acceptors (Lipinski definition) is 7. The van der Waals surface area contributed by atoms with E-state index in [0.29, 0.717) is 22.6 Å². The molecule has 5 rings (SSSR count). The predicted octanol–water partition coefficient (Wildman–Crippen LogP) is 4.58. The van der Waals surface area contributed by atoms with E-state index < -0.39 is 48.6 Å². The number of aromatic nitrogens is 5. The van der Waals surface area contributed by atoms with E-state index in [4.69, 9.17) is 0 Å². The molecule has 0 bridgehead atoms. The molecular weight excluding hydrogens is 534 g/mol. The van der Waals surface area contributed by atoms with E-state index in [9.17, 15) is 27.2 Å². The number of amides is 2. The third-order valence-corrected chi connectivity index (χ3v) is 7.80. The highest BCUT2D eigenvalue weighted by Gasteiger charge is 2.40. The van der Waals surface area contributed by atoms with E-state index in [1.807, 2.05) is 0 Å². The molecule has 0 aromatic carbocycles. The number of nitrogens with one attached hydrogen (secondary N) is 2. The molecule has 0 radical (unpaired) electrons. The third-order valence-electron chi connectivity index (χ3n) is 7.80. The van der Waals surface area contributed by atoms with Gasteiger partial charge in [-0.1, -0.05) is 12.1 Å². The summed E-state index contributed by atoms with van der Waals surface area (Å²) in [4.78, 5) is 30.3. The Morgan fingerprint density at radius 1 is 1.10 bits per heavy atom. The molecule has 3 atom stereocenters. The quantitative estimate of drug-likeness (QED) is 0.345. The van der Waals surface area contributed by atoms with E-state index in [0.717, 1.165) is 12.8 Å². The maximum Gasteiger partial charge on any atom is 0.276 e. The summed E-state index contributed by atoms with van der Waals surface area (Å²) in [5.41, 5.74) is 1.86. The average molecular weight is 566 g/mol. The van der Waals surface area contributed by atoms with Gasteiger partial charge in [0.05, 0.1) is 30.2 Å². The van der Waals surface area contributed by atoms with Crippen molar-refractivity contribution in [3.8, 4) is 0 Å². The molecule has 2 fully saturated rings. The Hall–Kier alpha value is -3.58. The van der Waals surface area contributed by atoms with Crippen LogP contribution in [-0.2, 0) is 4.79 Å². The van der Waals surface area contributed by atoms with Crippen LogP contribution in [0.15, 0.2) is 23.1 Å². The van der Waals surface area contributed by atoms with Crippen LogP contribution in [0.5, 0.6) is 0 Å². The maximum absolute atomic E-state index is 13.9. The Morgan fingerprint density at radius 3 is 2.42 bits per heavy atom. The molecule has 0 spiro atoms. The number of carbonyl (C=O) groups is 2. The molecule has 2 N–H and O–H groups in total. The highest BCUT2D eigenvalue weighted by molar-refractivity contribution is 5.93. The van der Waals surface area contributed by atoms with Crippen molar-refractivity contribution in [1.29, 1.82) is 0 Å². The summed E-state index contributed by atoms with van der Waals surface area (Å²) in [6, 6.07) is 0.667. The highest BCUT2D eigenvalue weighted by Crippen LogP contribution is 2.43. The van der Waals surface area contributed by atoms with Gasteiger partial charge in [0.15, 0.2) is 11.3 Å². The number of hydrogen-bond donors (Lipinski definition) is 2. The Kier molecular flexibility index (Phi) is 7.78. The molecule has 216 valence electrons. The van der Waals surface area contributed by atoms with Crippen LogP contribution in [0.2, 0.25) is 0 Å². The smallest absolute Gasteiger partial charge is 0.276 e. The lowest BCUT2D eigenvalue weighted by molar-refractivity contribution is -0.126. The minimum Gasteiger partial charge on any atom is -0.349 e. The summed E-state index contributed by atoms with van der Waals surface area (Å²) in [7, 11) is 0. The molecule has 0 saturated heterocycles. The van der Waals surface area contributed by atoms with Gasteiger partial charge in [-0.3, -0.25) is 9.59 Å².